The molecule has 0 N–H and O–H groups in total. The van der Waals surface area contributed by atoms with Crippen molar-refractivity contribution in [2.24, 2.45) is 5.41 Å². The summed E-state index contributed by atoms with van der Waals surface area (Å²) >= 11 is 1.65. The number of carbonyl (C=O) groups excluding carboxylic acids is 2. The molecule has 0 saturated carbocycles. The molecule has 1 aromatic rings. The van der Waals surface area contributed by atoms with Gasteiger partial charge in [0.05, 0.1) is 10.6 Å². The highest BCUT2D eigenvalue weighted by molar-refractivity contribution is 8.02. The first-order chi connectivity index (χ1) is 11.7. The van der Waals surface area contributed by atoms with Crippen LogP contribution < -0.4 is 4.90 Å². The van der Waals surface area contributed by atoms with Crippen LogP contribution in [0.2, 0.25) is 0 Å². The van der Waals surface area contributed by atoms with E-state index in [0.717, 1.165) is 18.5 Å². The first kappa shape index (κ1) is 18.2. The highest BCUT2D eigenvalue weighted by Gasteiger charge is 2.49. The molecule has 2 aliphatic rings. The van der Waals surface area contributed by atoms with Crippen molar-refractivity contribution in [3.8, 4) is 0 Å². The zero-order valence-electron chi connectivity index (χ0n) is 15.0. The predicted octanol–water partition coefficient (Wildman–Crippen LogP) is 3.66. The summed E-state index contributed by atoms with van der Waals surface area (Å²) in [5.41, 5.74) is 0.718. The Labute approximate surface area is 152 Å². The summed E-state index contributed by atoms with van der Waals surface area (Å²) in [5, 5.41) is 0. The molecule has 1 aromatic carbocycles. The summed E-state index contributed by atoms with van der Waals surface area (Å²) < 4.78 is 13.2. The normalized spacial score (nSPS) is 20.4. The molecule has 2 saturated heterocycles. The highest BCUT2D eigenvalue weighted by atomic mass is 32.2. The van der Waals surface area contributed by atoms with Crippen molar-refractivity contribution in [1.82, 2.24) is 4.90 Å². The summed E-state index contributed by atoms with van der Waals surface area (Å²) in [6, 6.07) is 6.11. The van der Waals surface area contributed by atoms with Crippen LogP contribution in [0.5, 0.6) is 0 Å². The second-order valence-corrected chi connectivity index (χ2v) is 9.40. The minimum Gasteiger partial charge on any atom is -0.342 e. The number of benzene rings is 1. The maximum atomic E-state index is 13.2. The summed E-state index contributed by atoms with van der Waals surface area (Å²) in [6.07, 6.45) is 2.03. The average Bonchev–Trinajstić information content (AvgIpc) is 2.84. The highest BCUT2D eigenvalue weighted by Crippen LogP contribution is 2.46. The molecule has 2 heterocycles. The number of nitrogens with zero attached hydrogens (tertiary/aromatic N) is 2. The maximum absolute atomic E-state index is 13.2. The topological polar surface area (TPSA) is 40.6 Å². The van der Waals surface area contributed by atoms with Gasteiger partial charge < -0.3 is 4.90 Å². The minimum atomic E-state index is -0.312. The molecule has 1 spiro atoms. The average molecular weight is 364 g/mol. The van der Waals surface area contributed by atoms with E-state index in [1.807, 2.05) is 9.80 Å². The van der Waals surface area contributed by atoms with Crippen LogP contribution in [-0.4, -0.2) is 40.4 Å². The van der Waals surface area contributed by atoms with Crippen LogP contribution in [0, 0.1) is 11.2 Å². The Bertz CT molecular complexity index is 661. The van der Waals surface area contributed by atoms with Gasteiger partial charge >= 0.3 is 0 Å². The molecule has 6 heteroatoms. The van der Waals surface area contributed by atoms with E-state index in [2.05, 4.69) is 20.8 Å². The summed E-state index contributed by atoms with van der Waals surface area (Å²) in [6.45, 7) is 7.52. The molecule has 0 aliphatic carbocycles. The van der Waals surface area contributed by atoms with E-state index in [9.17, 15) is 14.0 Å². The molecule has 4 nitrogen and oxygen atoms in total. The molecular weight excluding hydrogens is 339 g/mol. The van der Waals surface area contributed by atoms with Gasteiger partial charge in [-0.3, -0.25) is 14.5 Å². The second kappa shape index (κ2) is 6.63. The molecule has 25 heavy (non-hydrogen) atoms. The lowest BCUT2D eigenvalue weighted by Crippen LogP contribution is -2.53. The zero-order chi connectivity index (χ0) is 18.2. The third-order valence-corrected chi connectivity index (χ3v) is 6.30. The smallest absolute Gasteiger partial charge is 0.238 e. The van der Waals surface area contributed by atoms with Crippen LogP contribution in [-0.2, 0) is 9.59 Å². The Kier molecular flexibility index (Phi) is 4.84. The van der Waals surface area contributed by atoms with Crippen molar-refractivity contribution >= 4 is 29.3 Å². The molecule has 2 aliphatic heterocycles. The number of hydrogen-bond donors (Lipinski definition) is 0. The van der Waals surface area contributed by atoms with Crippen LogP contribution in [0.3, 0.4) is 0 Å². The Morgan fingerprint density at radius 2 is 1.80 bits per heavy atom. The number of carbonyl (C=O) groups is 2. The van der Waals surface area contributed by atoms with Crippen LogP contribution in [0.1, 0.15) is 40.0 Å². The number of anilines is 1. The first-order valence-electron chi connectivity index (χ1n) is 8.71. The van der Waals surface area contributed by atoms with E-state index in [1.165, 1.54) is 12.1 Å². The number of amides is 2. The van der Waals surface area contributed by atoms with Gasteiger partial charge in [-0.1, -0.05) is 20.8 Å². The second-order valence-electron chi connectivity index (χ2n) is 8.06. The van der Waals surface area contributed by atoms with Gasteiger partial charge in [0.2, 0.25) is 11.8 Å². The quantitative estimate of drug-likeness (QED) is 0.804. The van der Waals surface area contributed by atoms with Gasteiger partial charge in [-0.25, -0.2) is 4.39 Å². The van der Waals surface area contributed by atoms with Crippen LogP contribution in [0.15, 0.2) is 24.3 Å². The lowest BCUT2D eigenvalue weighted by Gasteiger charge is -2.44. The molecule has 3 rings (SSSR count). The van der Waals surface area contributed by atoms with Gasteiger partial charge in [0.25, 0.3) is 0 Å². The zero-order valence-corrected chi connectivity index (χ0v) is 15.9. The van der Waals surface area contributed by atoms with Crippen molar-refractivity contribution < 1.29 is 14.0 Å². The van der Waals surface area contributed by atoms with Crippen molar-refractivity contribution in [1.29, 1.82) is 0 Å². The summed E-state index contributed by atoms with van der Waals surface area (Å²) in [7, 11) is 0. The fourth-order valence-electron chi connectivity index (χ4n) is 3.56. The molecule has 0 unspecified atom stereocenters. The van der Waals surface area contributed by atoms with Gasteiger partial charge in [-0.15, -0.1) is 11.8 Å². The summed E-state index contributed by atoms with van der Waals surface area (Å²) in [4.78, 5) is 28.4. The Morgan fingerprint density at radius 1 is 1.20 bits per heavy atom. The Morgan fingerprint density at radius 3 is 2.36 bits per heavy atom. The lowest BCUT2D eigenvalue weighted by molar-refractivity contribution is -0.134. The van der Waals surface area contributed by atoms with Crippen molar-refractivity contribution in [2.75, 3.05) is 23.7 Å². The number of likely N-dealkylation sites (tertiary alicyclic amines) is 1. The molecule has 0 aromatic heterocycles. The van der Waals surface area contributed by atoms with Crippen LogP contribution >= 0.6 is 11.8 Å². The monoisotopic (exact) mass is 364 g/mol. The fourth-order valence-corrected chi connectivity index (χ4v) is 4.89. The van der Waals surface area contributed by atoms with E-state index in [1.54, 1.807) is 23.9 Å². The van der Waals surface area contributed by atoms with Gasteiger partial charge in [0.15, 0.2) is 0 Å². The number of rotatable bonds is 2. The van der Waals surface area contributed by atoms with Gasteiger partial charge in [-0.2, -0.15) is 0 Å². The van der Waals surface area contributed by atoms with E-state index in [-0.39, 0.29) is 27.9 Å². The van der Waals surface area contributed by atoms with Crippen LogP contribution in [0.25, 0.3) is 0 Å². The molecule has 136 valence electrons. The third kappa shape index (κ3) is 3.84. The molecule has 0 radical (unpaired) electrons. The fraction of sp³-hybridized carbons (Fsp3) is 0.579. The minimum absolute atomic E-state index is 0.0234. The predicted molar refractivity (Wildman–Crippen MR) is 99.0 cm³/mol. The van der Waals surface area contributed by atoms with Crippen molar-refractivity contribution in [2.45, 2.75) is 44.9 Å². The molecule has 0 atom stereocenters. The molecular formula is C19H25FN2O2S. The largest absolute Gasteiger partial charge is 0.342 e. The van der Waals surface area contributed by atoms with Gasteiger partial charge in [-0.05, 0) is 42.5 Å². The number of hydrogen-bond acceptors (Lipinski definition) is 3. The number of piperidine rings is 1. The van der Waals surface area contributed by atoms with E-state index >= 15 is 0 Å². The number of thioether (sulfide) groups is 1. The number of halogens is 1. The van der Waals surface area contributed by atoms with E-state index in [0.29, 0.717) is 25.3 Å². The molecule has 2 fully saturated rings. The van der Waals surface area contributed by atoms with E-state index in [4.69, 9.17) is 0 Å². The first-order valence-corrected chi connectivity index (χ1v) is 9.69. The van der Waals surface area contributed by atoms with Crippen molar-refractivity contribution in [3.05, 3.63) is 30.1 Å². The van der Waals surface area contributed by atoms with Crippen LogP contribution in [0.4, 0.5) is 10.1 Å². The van der Waals surface area contributed by atoms with Crippen molar-refractivity contribution in [3.63, 3.8) is 0 Å². The molecule has 2 amide bonds. The Hall–Kier alpha value is -1.56. The van der Waals surface area contributed by atoms with E-state index < -0.39 is 0 Å². The summed E-state index contributed by atoms with van der Waals surface area (Å²) in [5.74, 6) is 0.378. The van der Waals surface area contributed by atoms with Gasteiger partial charge in [0.1, 0.15) is 5.82 Å². The van der Waals surface area contributed by atoms with Gasteiger partial charge in [0, 0.05) is 25.2 Å². The maximum Gasteiger partial charge on any atom is 0.238 e. The SMILES string of the molecule is CC(C)(C)CC(=O)N1CCC2(CC1)SCC(=O)N2c1ccc(F)cc1. The standard InChI is InChI=1S/C19H25FN2O2S/c1-18(2,3)12-16(23)21-10-8-19(9-11-21)22(17(24)13-25-19)15-6-4-14(20)5-7-15/h4-7H,8-13H2,1-3H3. The lowest BCUT2D eigenvalue weighted by atomic mass is 9.91. The molecule has 0 bridgehead atoms. The Balaban J connectivity index is 1.73. The third-order valence-electron chi connectivity index (χ3n) is 4.79.